The number of fused-ring (bicyclic) bond motifs is 1. The van der Waals surface area contributed by atoms with Crippen LogP contribution in [0.1, 0.15) is 13.8 Å². The fourth-order valence-corrected chi connectivity index (χ4v) is 4.93. The van der Waals surface area contributed by atoms with Crippen molar-refractivity contribution in [1.29, 1.82) is 0 Å². The average molecular weight is 511 g/mol. The van der Waals surface area contributed by atoms with Crippen LogP contribution in [0.5, 0.6) is 0 Å². The Bertz CT molecular complexity index is 498. The molecule has 0 radical (unpaired) electrons. The molecule has 2 amide bonds. The van der Waals surface area contributed by atoms with Gasteiger partial charge in [0.2, 0.25) is 11.8 Å². The molecule has 5 nitrogen and oxygen atoms in total. The van der Waals surface area contributed by atoms with Crippen LogP contribution in [0.3, 0.4) is 0 Å². The van der Waals surface area contributed by atoms with Gasteiger partial charge < -0.3 is 21.9 Å². The molecule has 2 saturated heterocycles. The van der Waals surface area contributed by atoms with Gasteiger partial charge >= 0.3 is 0 Å². The Morgan fingerprint density at radius 2 is 2.18 bits per heavy atom. The van der Waals surface area contributed by atoms with Crippen LogP contribution in [-0.4, -0.2) is 56.2 Å². The van der Waals surface area contributed by atoms with Crippen molar-refractivity contribution in [2.75, 3.05) is 11.5 Å². The monoisotopic (exact) mass is 511 g/mol. The van der Waals surface area contributed by atoms with E-state index in [1.165, 1.54) is 11.8 Å². The molecular formula is C14H19N2O3S2W-. The molecule has 2 heterocycles. The first-order valence-corrected chi connectivity index (χ1v) is 8.67. The van der Waals surface area contributed by atoms with E-state index >= 15 is 0 Å². The second-order valence-electron chi connectivity index (χ2n) is 5.58. The van der Waals surface area contributed by atoms with Crippen LogP contribution in [0.25, 0.3) is 0 Å². The van der Waals surface area contributed by atoms with E-state index in [-0.39, 0.29) is 48.8 Å². The zero-order chi connectivity index (χ0) is 15.8. The number of rotatable bonds is 6. The smallest absolute Gasteiger partial charge is 0.249 e. The minimum Gasteiger partial charge on any atom is -0.341 e. The Kier molecular flexibility index (Phi) is 6.66. The number of hydrogen-bond donors (Lipinski definition) is 1. The molecule has 0 aliphatic carbocycles. The Labute approximate surface area is 153 Å². The van der Waals surface area contributed by atoms with E-state index in [0.29, 0.717) is 11.5 Å². The third-order valence-corrected chi connectivity index (χ3v) is 6.04. The number of nitrogens with one attached hydrogen (secondary N) is 1. The summed E-state index contributed by atoms with van der Waals surface area (Å²) >= 11 is 2.99. The van der Waals surface area contributed by atoms with Crippen LogP contribution in [0.2, 0.25) is 0 Å². The molecule has 0 spiro atoms. The molecule has 0 aromatic rings. The second-order valence-corrected chi connectivity index (χ2v) is 8.38. The molecular weight excluding hydrogens is 492 g/mol. The topological polar surface area (TPSA) is 66.5 Å². The van der Waals surface area contributed by atoms with Crippen molar-refractivity contribution in [2.24, 2.45) is 0 Å². The van der Waals surface area contributed by atoms with Crippen LogP contribution < -0.4 is 5.32 Å². The molecule has 0 bridgehead atoms. The van der Waals surface area contributed by atoms with Crippen molar-refractivity contribution in [2.45, 2.75) is 36.1 Å². The zero-order valence-electron chi connectivity index (χ0n) is 12.5. The number of thioether (sulfide) groups is 2. The van der Waals surface area contributed by atoms with Gasteiger partial charge in [0.05, 0.1) is 11.8 Å². The largest absolute Gasteiger partial charge is 0.341 e. The summed E-state index contributed by atoms with van der Waals surface area (Å²) in [6.07, 6.45) is 1.73. The van der Waals surface area contributed by atoms with Gasteiger partial charge in [-0.3, -0.25) is 9.59 Å². The Morgan fingerprint density at radius 3 is 2.73 bits per heavy atom. The van der Waals surface area contributed by atoms with Crippen molar-refractivity contribution in [3.63, 3.8) is 0 Å². The fourth-order valence-electron chi connectivity index (χ4n) is 2.72. The first kappa shape index (κ1) is 19.7. The molecule has 2 aliphatic heterocycles. The number of β-lactam (4-membered cyclic amide) rings is 1. The molecule has 2 aliphatic rings. The van der Waals surface area contributed by atoms with E-state index in [0.717, 1.165) is 0 Å². The van der Waals surface area contributed by atoms with Crippen LogP contribution in [-0.2, 0) is 35.4 Å². The molecule has 8 heteroatoms. The quantitative estimate of drug-likeness (QED) is 0.248. The molecule has 1 N–H and O–H groups in total. The Hall–Kier alpha value is -0.392. The number of carbonyl (C=O) groups excluding carboxylic acids is 3. The molecule has 122 valence electrons. The minimum absolute atomic E-state index is 0. The predicted octanol–water partition coefficient (Wildman–Crippen LogP) is 0.853. The van der Waals surface area contributed by atoms with E-state index in [1.54, 1.807) is 22.7 Å². The maximum Gasteiger partial charge on any atom is 0.249 e. The number of carbonyl (C=O) groups is 3. The molecule has 0 aromatic carbocycles. The molecule has 0 aromatic heterocycles. The van der Waals surface area contributed by atoms with Crippen LogP contribution >= 0.6 is 23.5 Å². The SMILES string of the molecule is C=CCSCC(=O)NC1C(=O)N2C1SC(C)(C)C2C([CH2-])=O.[W]. The third-order valence-electron chi connectivity index (χ3n) is 3.53. The molecule has 0 saturated carbocycles. The van der Waals surface area contributed by atoms with Crippen molar-refractivity contribution < 1.29 is 35.4 Å². The normalized spacial score (nSPS) is 28.2. The van der Waals surface area contributed by atoms with E-state index in [2.05, 4.69) is 18.8 Å². The maximum atomic E-state index is 12.2. The van der Waals surface area contributed by atoms with Gasteiger partial charge in [0.1, 0.15) is 11.4 Å². The predicted molar refractivity (Wildman–Crippen MR) is 85.9 cm³/mol. The van der Waals surface area contributed by atoms with Gasteiger partial charge in [-0.2, -0.15) is 0 Å². The minimum atomic E-state index is -0.532. The number of amides is 2. The van der Waals surface area contributed by atoms with Gasteiger partial charge in [-0.1, -0.05) is 6.08 Å². The molecule has 22 heavy (non-hydrogen) atoms. The van der Waals surface area contributed by atoms with Crippen LogP contribution in [0.15, 0.2) is 12.7 Å². The first-order chi connectivity index (χ1) is 9.79. The van der Waals surface area contributed by atoms with Gasteiger partial charge in [0, 0.05) is 37.3 Å². The van der Waals surface area contributed by atoms with Crippen LogP contribution in [0, 0.1) is 6.92 Å². The van der Waals surface area contributed by atoms with Gasteiger partial charge in [0.25, 0.3) is 0 Å². The summed E-state index contributed by atoms with van der Waals surface area (Å²) in [6, 6.07) is -1.04. The molecule has 2 fully saturated rings. The third kappa shape index (κ3) is 3.57. The zero-order valence-corrected chi connectivity index (χ0v) is 17.1. The van der Waals surface area contributed by atoms with Gasteiger partial charge in [0.15, 0.2) is 0 Å². The second kappa shape index (κ2) is 7.45. The summed E-state index contributed by atoms with van der Waals surface area (Å²) in [5.41, 5.74) is 0. The van der Waals surface area contributed by atoms with Crippen molar-refractivity contribution in [3.05, 3.63) is 19.6 Å². The molecule has 3 unspecified atom stereocenters. The summed E-state index contributed by atoms with van der Waals surface area (Å²) in [7, 11) is 0. The fraction of sp³-hybridized carbons (Fsp3) is 0.571. The maximum absolute atomic E-state index is 12.2. The van der Waals surface area contributed by atoms with E-state index in [1.807, 2.05) is 13.8 Å². The first-order valence-electron chi connectivity index (χ1n) is 6.63. The summed E-state index contributed by atoms with van der Waals surface area (Å²) in [6.45, 7) is 10.9. The average Bonchev–Trinajstić information content (AvgIpc) is 2.65. The standard InChI is InChI=1S/C14H19N2O3S2.W/c1-5-6-20-7-9(18)15-10-12(19)16-11(8(2)17)14(3,4)21-13(10)16;/h5,10-11,13H,1-2,6-7H2,3-4H3,(H,15,18);/q-1;. The van der Waals surface area contributed by atoms with Crippen LogP contribution in [0.4, 0.5) is 0 Å². The Morgan fingerprint density at radius 1 is 1.55 bits per heavy atom. The number of Topliss-reactive ketones (excluding diaryl/α,β-unsaturated/α-hetero) is 1. The number of ketones is 1. The summed E-state index contributed by atoms with van der Waals surface area (Å²) in [5, 5.41) is 2.59. The van der Waals surface area contributed by atoms with Crippen molar-refractivity contribution >= 4 is 41.1 Å². The summed E-state index contributed by atoms with van der Waals surface area (Å²) < 4.78 is -0.379. The number of hydrogen-bond acceptors (Lipinski definition) is 5. The van der Waals surface area contributed by atoms with Crippen molar-refractivity contribution in [1.82, 2.24) is 10.2 Å². The molecule has 2 rings (SSSR count). The summed E-state index contributed by atoms with van der Waals surface area (Å²) in [5.74, 6) is 0.384. The van der Waals surface area contributed by atoms with Gasteiger partial charge in [-0.05, 0) is 13.8 Å². The molecule has 3 atom stereocenters. The van der Waals surface area contributed by atoms with Crippen molar-refractivity contribution in [3.8, 4) is 0 Å². The van der Waals surface area contributed by atoms with E-state index in [4.69, 9.17) is 0 Å². The summed E-state index contributed by atoms with van der Waals surface area (Å²) in [4.78, 5) is 37.3. The Balaban J connectivity index is 0.00000242. The van der Waals surface area contributed by atoms with Gasteiger partial charge in [-0.15, -0.1) is 30.1 Å². The number of nitrogens with zero attached hydrogens (tertiary/aromatic N) is 1. The van der Waals surface area contributed by atoms with E-state index in [9.17, 15) is 14.4 Å². The van der Waals surface area contributed by atoms with E-state index < -0.39 is 12.1 Å². The van der Waals surface area contributed by atoms with Gasteiger partial charge in [-0.25, -0.2) is 0 Å².